The van der Waals surface area contributed by atoms with E-state index < -0.39 is 28.8 Å². The minimum atomic E-state index is -1.68. The van der Waals surface area contributed by atoms with Crippen LogP contribution < -0.4 is 0 Å². The lowest BCUT2D eigenvalue weighted by molar-refractivity contribution is 0.103. The van der Waals surface area contributed by atoms with Gasteiger partial charge in [-0.1, -0.05) is 17.7 Å². The fourth-order valence-corrected chi connectivity index (χ4v) is 2.10. The van der Waals surface area contributed by atoms with Crippen molar-refractivity contribution in [2.24, 2.45) is 0 Å². The maximum absolute atomic E-state index is 13.5. The zero-order chi connectivity index (χ0) is 14.2. The van der Waals surface area contributed by atoms with Crippen LogP contribution in [0.25, 0.3) is 0 Å². The molecule has 0 aromatic heterocycles. The molecule has 0 saturated heterocycles. The molecule has 0 spiro atoms. The van der Waals surface area contributed by atoms with Gasteiger partial charge < -0.3 is 0 Å². The maximum atomic E-state index is 13.5. The molecular formula is C13H5BrClF3O. The summed E-state index contributed by atoms with van der Waals surface area (Å²) in [4.78, 5) is 12.1. The first-order valence-electron chi connectivity index (χ1n) is 5.05. The number of carbonyl (C=O) groups is 1. The van der Waals surface area contributed by atoms with E-state index >= 15 is 0 Å². The average Bonchev–Trinajstić information content (AvgIpc) is 2.39. The molecule has 0 atom stereocenters. The highest BCUT2D eigenvalue weighted by Crippen LogP contribution is 2.28. The Labute approximate surface area is 120 Å². The molecule has 0 bridgehead atoms. The predicted molar refractivity (Wildman–Crippen MR) is 68.9 cm³/mol. The summed E-state index contributed by atoms with van der Waals surface area (Å²) in [5.74, 6) is -5.38. The normalized spacial score (nSPS) is 10.6. The van der Waals surface area contributed by atoms with E-state index in [4.69, 9.17) is 11.6 Å². The van der Waals surface area contributed by atoms with Crippen molar-refractivity contribution >= 4 is 33.3 Å². The second kappa shape index (κ2) is 5.35. The smallest absolute Gasteiger partial charge is 0.197 e. The first-order valence-corrected chi connectivity index (χ1v) is 6.22. The molecule has 2 aromatic rings. The molecule has 0 saturated carbocycles. The monoisotopic (exact) mass is 348 g/mol. The molecular weight excluding hydrogens is 344 g/mol. The van der Waals surface area contributed by atoms with E-state index in [2.05, 4.69) is 15.9 Å². The highest BCUT2D eigenvalue weighted by Gasteiger charge is 2.22. The number of hydrogen-bond donors (Lipinski definition) is 0. The first-order chi connectivity index (χ1) is 8.93. The molecule has 0 amide bonds. The first kappa shape index (κ1) is 14.1. The zero-order valence-electron chi connectivity index (χ0n) is 9.18. The van der Waals surface area contributed by atoms with Crippen LogP contribution in [0.15, 0.2) is 34.8 Å². The molecule has 0 heterocycles. The van der Waals surface area contributed by atoms with E-state index in [9.17, 15) is 18.0 Å². The quantitative estimate of drug-likeness (QED) is 0.565. The number of ketones is 1. The molecule has 2 rings (SSSR count). The van der Waals surface area contributed by atoms with Crippen molar-refractivity contribution in [1.82, 2.24) is 0 Å². The van der Waals surface area contributed by atoms with Crippen molar-refractivity contribution in [1.29, 1.82) is 0 Å². The highest BCUT2D eigenvalue weighted by atomic mass is 79.9. The summed E-state index contributed by atoms with van der Waals surface area (Å²) < 4.78 is 39.9. The Morgan fingerprint density at radius 1 is 1.00 bits per heavy atom. The molecule has 0 aliphatic heterocycles. The van der Waals surface area contributed by atoms with Gasteiger partial charge in [-0.25, -0.2) is 13.2 Å². The van der Waals surface area contributed by atoms with Crippen LogP contribution in [0.5, 0.6) is 0 Å². The Morgan fingerprint density at radius 2 is 1.68 bits per heavy atom. The van der Waals surface area contributed by atoms with Gasteiger partial charge in [-0.15, -0.1) is 0 Å². The molecule has 6 heteroatoms. The van der Waals surface area contributed by atoms with E-state index in [1.54, 1.807) is 6.07 Å². The zero-order valence-corrected chi connectivity index (χ0v) is 11.5. The lowest BCUT2D eigenvalue weighted by Crippen LogP contribution is -2.08. The Hall–Kier alpha value is -1.33. The maximum Gasteiger partial charge on any atom is 0.197 e. The third-order valence-electron chi connectivity index (χ3n) is 2.48. The SMILES string of the molecule is O=C(c1ccc(F)c(F)c1F)c1cccc(Br)c1Cl. The van der Waals surface area contributed by atoms with Crippen LogP contribution in [-0.4, -0.2) is 5.78 Å². The van der Waals surface area contributed by atoms with Crippen LogP contribution in [-0.2, 0) is 0 Å². The summed E-state index contributed by atoms with van der Waals surface area (Å²) in [7, 11) is 0. The number of rotatable bonds is 2. The van der Waals surface area contributed by atoms with Gasteiger partial charge in [0.05, 0.1) is 10.6 Å². The van der Waals surface area contributed by atoms with Gasteiger partial charge >= 0.3 is 0 Å². The molecule has 0 unspecified atom stereocenters. The number of carbonyl (C=O) groups excluding carboxylic acids is 1. The fourth-order valence-electron chi connectivity index (χ4n) is 1.53. The summed E-state index contributed by atoms with van der Waals surface area (Å²) >= 11 is 9.02. The third-order valence-corrected chi connectivity index (χ3v) is 3.77. The third kappa shape index (κ3) is 2.53. The molecule has 19 heavy (non-hydrogen) atoms. The van der Waals surface area contributed by atoms with Gasteiger partial charge in [-0.2, -0.15) is 0 Å². The van der Waals surface area contributed by atoms with Crippen LogP contribution in [0.2, 0.25) is 5.02 Å². The summed E-state index contributed by atoms with van der Waals surface area (Å²) in [5.41, 5.74) is -0.570. The molecule has 0 radical (unpaired) electrons. The van der Waals surface area contributed by atoms with E-state index in [0.29, 0.717) is 10.5 Å². The van der Waals surface area contributed by atoms with Crippen molar-refractivity contribution in [2.45, 2.75) is 0 Å². The predicted octanol–water partition coefficient (Wildman–Crippen LogP) is 4.75. The van der Waals surface area contributed by atoms with Crippen LogP contribution >= 0.6 is 27.5 Å². The molecule has 0 fully saturated rings. The van der Waals surface area contributed by atoms with E-state index in [0.717, 1.165) is 6.07 Å². The fraction of sp³-hybridized carbons (Fsp3) is 0. The second-order valence-electron chi connectivity index (χ2n) is 3.65. The average molecular weight is 350 g/mol. The summed E-state index contributed by atoms with van der Waals surface area (Å²) in [5, 5.41) is 0.0802. The molecule has 0 aliphatic rings. The van der Waals surface area contributed by atoms with Crippen LogP contribution in [0.1, 0.15) is 15.9 Å². The van der Waals surface area contributed by atoms with Crippen molar-refractivity contribution < 1.29 is 18.0 Å². The molecule has 0 N–H and O–H groups in total. The lowest BCUT2D eigenvalue weighted by atomic mass is 10.0. The summed E-state index contributed by atoms with van der Waals surface area (Å²) in [6.45, 7) is 0. The minimum absolute atomic E-state index is 0.000879. The standard InChI is InChI=1S/C13H5BrClF3O/c14-8-3-1-2-6(10(8)15)13(19)7-4-5-9(16)12(18)11(7)17/h1-5H. The largest absolute Gasteiger partial charge is 0.288 e. The Balaban J connectivity index is 2.57. The lowest BCUT2D eigenvalue weighted by Gasteiger charge is -2.07. The van der Waals surface area contributed by atoms with Crippen molar-refractivity contribution in [2.75, 3.05) is 0 Å². The second-order valence-corrected chi connectivity index (χ2v) is 4.89. The summed E-state index contributed by atoms with van der Waals surface area (Å²) in [6.07, 6.45) is 0. The Morgan fingerprint density at radius 3 is 2.37 bits per heavy atom. The van der Waals surface area contributed by atoms with Crippen molar-refractivity contribution in [3.05, 3.63) is 68.4 Å². The number of benzene rings is 2. The van der Waals surface area contributed by atoms with Gasteiger partial charge in [-0.3, -0.25) is 4.79 Å². The molecule has 98 valence electrons. The van der Waals surface area contributed by atoms with E-state index in [1.165, 1.54) is 12.1 Å². The van der Waals surface area contributed by atoms with Crippen molar-refractivity contribution in [3.63, 3.8) is 0 Å². The minimum Gasteiger partial charge on any atom is -0.288 e. The summed E-state index contributed by atoms with van der Waals surface area (Å²) in [6, 6.07) is 6.07. The van der Waals surface area contributed by atoms with E-state index in [1.807, 2.05) is 0 Å². The van der Waals surface area contributed by atoms with Gasteiger partial charge in [0, 0.05) is 10.0 Å². The van der Waals surface area contributed by atoms with Crippen LogP contribution in [0.4, 0.5) is 13.2 Å². The van der Waals surface area contributed by atoms with Gasteiger partial charge in [0.25, 0.3) is 0 Å². The van der Waals surface area contributed by atoms with Gasteiger partial charge in [0.15, 0.2) is 23.2 Å². The topological polar surface area (TPSA) is 17.1 Å². The Kier molecular flexibility index (Phi) is 3.96. The van der Waals surface area contributed by atoms with Crippen LogP contribution in [0.3, 0.4) is 0 Å². The van der Waals surface area contributed by atoms with Gasteiger partial charge in [0.1, 0.15) is 0 Å². The van der Waals surface area contributed by atoms with Crippen LogP contribution in [0, 0.1) is 17.5 Å². The van der Waals surface area contributed by atoms with Gasteiger partial charge in [-0.05, 0) is 40.2 Å². The Bertz CT molecular complexity index is 673. The number of halogens is 5. The van der Waals surface area contributed by atoms with Gasteiger partial charge in [0.2, 0.25) is 0 Å². The number of hydrogen-bond acceptors (Lipinski definition) is 1. The molecule has 2 aromatic carbocycles. The van der Waals surface area contributed by atoms with Crippen molar-refractivity contribution in [3.8, 4) is 0 Å². The molecule has 1 nitrogen and oxygen atoms in total. The van der Waals surface area contributed by atoms with E-state index in [-0.39, 0.29) is 10.6 Å². The molecule has 0 aliphatic carbocycles. The highest BCUT2D eigenvalue weighted by molar-refractivity contribution is 9.10.